The minimum atomic E-state index is -0.754. The van der Waals surface area contributed by atoms with Crippen molar-refractivity contribution >= 4 is 5.97 Å². The second-order valence-electron chi connectivity index (χ2n) is 4.37. The SMILES string of the molecule is COC(=O)C(COc1ccccc1F)c1ccc(F)cc1. The summed E-state index contributed by atoms with van der Waals surface area (Å²) in [5, 5.41) is 0. The highest BCUT2D eigenvalue weighted by Gasteiger charge is 2.23. The highest BCUT2D eigenvalue weighted by Crippen LogP contribution is 2.22. The summed E-state index contributed by atoms with van der Waals surface area (Å²) in [6.45, 7) is -0.0980. The maximum absolute atomic E-state index is 13.5. The molecule has 0 spiro atoms. The molecule has 0 amide bonds. The molecule has 1 unspecified atom stereocenters. The van der Waals surface area contributed by atoms with Gasteiger partial charge in [-0.15, -0.1) is 0 Å². The lowest BCUT2D eigenvalue weighted by atomic mass is 10.0. The molecule has 110 valence electrons. The average molecular weight is 292 g/mol. The molecule has 5 heteroatoms. The van der Waals surface area contributed by atoms with Crippen LogP contribution in [0, 0.1) is 11.6 Å². The summed E-state index contributed by atoms with van der Waals surface area (Å²) in [4.78, 5) is 11.8. The molecule has 3 nitrogen and oxygen atoms in total. The fraction of sp³-hybridized carbons (Fsp3) is 0.188. The third-order valence-corrected chi connectivity index (χ3v) is 3.00. The van der Waals surface area contributed by atoms with Gasteiger partial charge in [-0.3, -0.25) is 4.79 Å². The second-order valence-corrected chi connectivity index (χ2v) is 4.37. The molecular weight excluding hydrogens is 278 g/mol. The number of methoxy groups -OCH3 is 1. The molecule has 2 aromatic carbocycles. The van der Waals surface area contributed by atoms with E-state index in [1.807, 2.05) is 0 Å². The Bertz CT molecular complexity index is 611. The van der Waals surface area contributed by atoms with E-state index in [-0.39, 0.29) is 12.4 Å². The third kappa shape index (κ3) is 3.78. The van der Waals surface area contributed by atoms with Crippen molar-refractivity contribution in [2.24, 2.45) is 0 Å². The van der Waals surface area contributed by atoms with Crippen LogP contribution in [-0.4, -0.2) is 19.7 Å². The highest BCUT2D eigenvalue weighted by atomic mass is 19.1. The first-order valence-corrected chi connectivity index (χ1v) is 6.32. The number of carbonyl (C=O) groups excluding carboxylic acids is 1. The molecule has 0 heterocycles. The van der Waals surface area contributed by atoms with Crippen molar-refractivity contribution in [3.63, 3.8) is 0 Å². The molecule has 0 aromatic heterocycles. The van der Waals surface area contributed by atoms with Crippen molar-refractivity contribution in [2.45, 2.75) is 5.92 Å². The van der Waals surface area contributed by atoms with Crippen LogP contribution in [0.25, 0.3) is 0 Å². The molecule has 0 aliphatic heterocycles. The quantitative estimate of drug-likeness (QED) is 0.793. The van der Waals surface area contributed by atoms with E-state index in [0.717, 1.165) is 0 Å². The summed E-state index contributed by atoms with van der Waals surface area (Å²) in [5.41, 5.74) is 0.541. The summed E-state index contributed by atoms with van der Waals surface area (Å²) in [6.07, 6.45) is 0. The van der Waals surface area contributed by atoms with Crippen molar-refractivity contribution in [1.29, 1.82) is 0 Å². The summed E-state index contributed by atoms with van der Waals surface area (Å²) < 4.78 is 36.5. The molecule has 0 aliphatic rings. The zero-order chi connectivity index (χ0) is 15.2. The van der Waals surface area contributed by atoms with E-state index in [4.69, 9.17) is 9.47 Å². The minimum absolute atomic E-state index is 0.0496. The summed E-state index contributed by atoms with van der Waals surface area (Å²) in [6, 6.07) is 11.3. The van der Waals surface area contributed by atoms with Crippen LogP contribution in [0.4, 0.5) is 8.78 Å². The van der Waals surface area contributed by atoms with Crippen molar-refractivity contribution in [3.05, 3.63) is 65.7 Å². The van der Waals surface area contributed by atoms with Crippen molar-refractivity contribution in [1.82, 2.24) is 0 Å². The van der Waals surface area contributed by atoms with E-state index >= 15 is 0 Å². The van der Waals surface area contributed by atoms with Crippen LogP contribution in [-0.2, 0) is 9.53 Å². The second kappa shape index (κ2) is 6.83. The van der Waals surface area contributed by atoms with E-state index in [2.05, 4.69) is 0 Å². The lowest BCUT2D eigenvalue weighted by Crippen LogP contribution is -2.21. The molecule has 0 aliphatic carbocycles. The van der Waals surface area contributed by atoms with Crippen LogP contribution in [0.1, 0.15) is 11.5 Å². The van der Waals surface area contributed by atoms with Gasteiger partial charge in [0.15, 0.2) is 11.6 Å². The van der Waals surface area contributed by atoms with Crippen LogP contribution >= 0.6 is 0 Å². The Morgan fingerprint density at radius 2 is 1.76 bits per heavy atom. The predicted molar refractivity (Wildman–Crippen MR) is 73.1 cm³/mol. The van der Waals surface area contributed by atoms with Gasteiger partial charge in [-0.2, -0.15) is 0 Å². The summed E-state index contributed by atoms with van der Waals surface area (Å²) in [7, 11) is 1.25. The van der Waals surface area contributed by atoms with Gasteiger partial charge in [0.2, 0.25) is 0 Å². The molecule has 0 saturated carbocycles. The monoisotopic (exact) mass is 292 g/mol. The third-order valence-electron chi connectivity index (χ3n) is 3.00. The van der Waals surface area contributed by atoms with Gasteiger partial charge in [0, 0.05) is 0 Å². The molecular formula is C16H14F2O3. The van der Waals surface area contributed by atoms with E-state index in [0.29, 0.717) is 5.56 Å². The van der Waals surface area contributed by atoms with Crippen LogP contribution in [0.3, 0.4) is 0 Å². The number of carbonyl (C=O) groups is 1. The number of para-hydroxylation sites is 1. The van der Waals surface area contributed by atoms with E-state index in [1.54, 1.807) is 12.1 Å². The van der Waals surface area contributed by atoms with Gasteiger partial charge in [0.1, 0.15) is 18.3 Å². The first-order chi connectivity index (χ1) is 10.1. The van der Waals surface area contributed by atoms with Crippen LogP contribution in [0.2, 0.25) is 0 Å². The standard InChI is InChI=1S/C16H14F2O3/c1-20-16(19)13(11-6-8-12(17)9-7-11)10-21-15-5-3-2-4-14(15)18/h2-9,13H,10H2,1H3. The number of hydrogen-bond donors (Lipinski definition) is 0. The Kier molecular flexibility index (Phi) is 4.87. The van der Waals surface area contributed by atoms with Gasteiger partial charge in [-0.1, -0.05) is 24.3 Å². The number of halogens is 2. The first kappa shape index (κ1) is 15.0. The van der Waals surface area contributed by atoms with Crippen molar-refractivity contribution in [2.75, 3.05) is 13.7 Å². The highest BCUT2D eigenvalue weighted by molar-refractivity contribution is 5.78. The molecule has 2 aromatic rings. The smallest absolute Gasteiger partial charge is 0.316 e. The summed E-state index contributed by atoms with van der Waals surface area (Å²) in [5.74, 6) is -2.15. The van der Waals surface area contributed by atoms with E-state index < -0.39 is 23.5 Å². The number of rotatable bonds is 5. The van der Waals surface area contributed by atoms with Crippen LogP contribution < -0.4 is 4.74 Å². The molecule has 0 bridgehead atoms. The maximum atomic E-state index is 13.5. The Morgan fingerprint density at radius 3 is 2.38 bits per heavy atom. The van der Waals surface area contributed by atoms with Crippen LogP contribution in [0.15, 0.2) is 48.5 Å². The zero-order valence-corrected chi connectivity index (χ0v) is 11.4. The normalized spacial score (nSPS) is 11.8. The predicted octanol–water partition coefficient (Wildman–Crippen LogP) is 3.30. The maximum Gasteiger partial charge on any atom is 0.316 e. The van der Waals surface area contributed by atoms with Gasteiger partial charge in [-0.05, 0) is 29.8 Å². The minimum Gasteiger partial charge on any atom is -0.489 e. The number of ether oxygens (including phenoxy) is 2. The van der Waals surface area contributed by atoms with Gasteiger partial charge in [0.25, 0.3) is 0 Å². The molecule has 0 saturated heterocycles. The first-order valence-electron chi connectivity index (χ1n) is 6.32. The Morgan fingerprint density at radius 1 is 1.10 bits per heavy atom. The summed E-state index contributed by atoms with van der Waals surface area (Å²) >= 11 is 0. The van der Waals surface area contributed by atoms with Gasteiger partial charge >= 0.3 is 5.97 Å². The fourth-order valence-electron chi connectivity index (χ4n) is 1.87. The number of esters is 1. The van der Waals surface area contributed by atoms with Crippen molar-refractivity contribution < 1.29 is 23.0 Å². The lowest BCUT2D eigenvalue weighted by Gasteiger charge is -2.16. The molecule has 1 atom stereocenters. The Labute approximate surface area is 121 Å². The van der Waals surface area contributed by atoms with Crippen LogP contribution in [0.5, 0.6) is 5.75 Å². The number of hydrogen-bond acceptors (Lipinski definition) is 3. The largest absolute Gasteiger partial charge is 0.489 e. The molecule has 0 fully saturated rings. The molecule has 0 radical (unpaired) electrons. The Balaban J connectivity index is 2.16. The molecule has 2 rings (SSSR count). The number of benzene rings is 2. The average Bonchev–Trinajstić information content (AvgIpc) is 2.50. The lowest BCUT2D eigenvalue weighted by molar-refractivity contribution is -0.143. The molecule has 21 heavy (non-hydrogen) atoms. The van der Waals surface area contributed by atoms with Gasteiger partial charge < -0.3 is 9.47 Å². The van der Waals surface area contributed by atoms with E-state index in [1.165, 1.54) is 43.5 Å². The molecule has 0 N–H and O–H groups in total. The fourth-order valence-corrected chi connectivity index (χ4v) is 1.87. The van der Waals surface area contributed by atoms with Crippen molar-refractivity contribution in [3.8, 4) is 5.75 Å². The Hall–Kier alpha value is -2.43. The van der Waals surface area contributed by atoms with E-state index in [9.17, 15) is 13.6 Å². The van der Waals surface area contributed by atoms with Gasteiger partial charge in [0.05, 0.1) is 7.11 Å². The van der Waals surface area contributed by atoms with Gasteiger partial charge in [-0.25, -0.2) is 8.78 Å². The topological polar surface area (TPSA) is 35.5 Å². The zero-order valence-electron chi connectivity index (χ0n) is 11.4.